The van der Waals surface area contributed by atoms with Gasteiger partial charge >= 0.3 is 12.3 Å². The van der Waals surface area contributed by atoms with Crippen molar-refractivity contribution in [3.63, 3.8) is 0 Å². The highest BCUT2D eigenvalue weighted by Crippen LogP contribution is 2.42. The molecule has 12 heteroatoms. The average Bonchev–Trinajstić information content (AvgIpc) is 2.84. The second kappa shape index (κ2) is 9.36. The summed E-state index contributed by atoms with van der Waals surface area (Å²) >= 11 is 0. The van der Waals surface area contributed by atoms with Crippen molar-refractivity contribution < 1.29 is 46.5 Å². The van der Waals surface area contributed by atoms with Crippen LogP contribution in [0.4, 0.5) is 17.6 Å². The molecule has 2 N–H and O–H groups in total. The number of carbonyl (C=O) groups excluding carboxylic acids is 1. The molecule has 8 nitrogen and oxygen atoms in total. The van der Waals surface area contributed by atoms with Crippen molar-refractivity contribution >= 4 is 11.9 Å². The van der Waals surface area contributed by atoms with Gasteiger partial charge in [-0.05, 0) is 48.0 Å². The molecule has 36 heavy (non-hydrogen) atoms. The van der Waals surface area contributed by atoms with Crippen molar-refractivity contribution in [1.82, 2.24) is 10.3 Å². The van der Waals surface area contributed by atoms with Gasteiger partial charge in [0.1, 0.15) is 28.3 Å². The lowest BCUT2D eigenvalue weighted by molar-refractivity contribution is -0.275. The number of pyridine rings is 1. The molecule has 2 aromatic carbocycles. The van der Waals surface area contributed by atoms with Gasteiger partial charge in [-0.15, -0.1) is 13.2 Å². The number of fused-ring (bicyclic) bond motifs is 1. The monoisotopic (exact) mass is 506 g/mol. The average molecular weight is 506 g/mol. The molecule has 0 aliphatic carbocycles. The Labute approximate surface area is 201 Å². The van der Waals surface area contributed by atoms with Crippen molar-refractivity contribution in [3.8, 4) is 17.2 Å². The summed E-state index contributed by atoms with van der Waals surface area (Å²) in [6, 6.07) is 9.72. The fourth-order valence-electron chi connectivity index (χ4n) is 3.98. The number of benzene rings is 2. The number of aromatic carboxylic acids is 1. The number of hydrogen-bond donors (Lipinski definition) is 2. The maximum atomic E-state index is 14.7. The van der Waals surface area contributed by atoms with Gasteiger partial charge < -0.3 is 24.6 Å². The number of methoxy groups -OCH3 is 1. The highest BCUT2D eigenvalue weighted by Gasteiger charge is 2.43. The van der Waals surface area contributed by atoms with Gasteiger partial charge in [-0.3, -0.25) is 9.78 Å². The van der Waals surface area contributed by atoms with E-state index in [0.717, 1.165) is 12.1 Å². The van der Waals surface area contributed by atoms with Gasteiger partial charge in [0, 0.05) is 18.2 Å². The van der Waals surface area contributed by atoms with E-state index in [9.17, 15) is 32.3 Å². The fourth-order valence-corrected chi connectivity index (χ4v) is 3.98. The number of carboxylic acid groups (broad SMARTS) is 1. The van der Waals surface area contributed by atoms with Crippen LogP contribution in [0, 0.1) is 5.82 Å². The molecule has 0 unspecified atom stereocenters. The van der Waals surface area contributed by atoms with Crippen molar-refractivity contribution in [1.29, 1.82) is 0 Å². The van der Waals surface area contributed by atoms with Gasteiger partial charge in [-0.25, -0.2) is 9.18 Å². The first kappa shape index (κ1) is 24.8. The summed E-state index contributed by atoms with van der Waals surface area (Å²) < 4.78 is 67.0. The lowest BCUT2D eigenvalue weighted by atomic mass is 9.81. The predicted octanol–water partition coefficient (Wildman–Crippen LogP) is 4.28. The third kappa shape index (κ3) is 4.74. The van der Waals surface area contributed by atoms with E-state index in [4.69, 9.17) is 9.47 Å². The summed E-state index contributed by atoms with van der Waals surface area (Å²) in [5.41, 5.74) is -1.33. The van der Waals surface area contributed by atoms with E-state index in [-0.39, 0.29) is 41.2 Å². The molecule has 1 aliphatic rings. The Morgan fingerprint density at radius 1 is 1.14 bits per heavy atom. The quantitative estimate of drug-likeness (QED) is 0.481. The van der Waals surface area contributed by atoms with Gasteiger partial charge in [0.2, 0.25) is 0 Å². The molecule has 0 bridgehead atoms. The number of nitrogens with zero attached hydrogens (tertiary/aromatic N) is 1. The number of carbonyl (C=O) groups is 2. The van der Waals surface area contributed by atoms with Gasteiger partial charge in [0.05, 0.1) is 13.7 Å². The number of nitrogens with one attached hydrogen (secondary N) is 1. The molecule has 1 aromatic heterocycles. The minimum Gasteiger partial charge on any atom is -0.496 e. The van der Waals surface area contributed by atoms with Crippen molar-refractivity contribution in [2.75, 3.05) is 13.7 Å². The zero-order valence-corrected chi connectivity index (χ0v) is 18.6. The van der Waals surface area contributed by atoms with Crippen molar-refractivity contribution in [3.05, 3.63) is 82.9 Å². The Balaban J connectivity index is 1.80. The van der Waals surface area contributed by atoms with Crippen LogP contribution in [-0.2, 0) is 5.54 Å². The maximum absolute atomic E-state index is 14.7. The molecule has 3 aromatic rings. The molecule has 0 saturated heterocycles. The number of hydrogen-bond acceptors (Lipinski definition) is 6. The zero-order chi connectivity index (χ0) is 26.1. The van der Waals surface area contributed by atoms with Crippen LogP contribution >= 0.6 is 0 Å². The van der Waals surface area contributed by atoms with Crippen LogP contribution in [0.5, 0.6) is 17.2 Å². The fraction of sp³-hybridized carbons (Fsp3) is 0.208. The second-order valence-electron chi connectivity index (χ2n) is 7.72. The standard InChI is InChI=1S/C24H18F4N2O6/c1-34-19-11-13(4-6-15(19)22(32)33)21(31)30-23(8-10-35-18-3-2-9-29-20(18)23)14-5-7-17(16(25)12-14)36-24(26,27)28/h2-7,9,11-12H,8,10H2,1H3,(H,30,31)(H,32,33)/t23-/m0/s1. The Bertz CT molecular complexity index is 1330. The molecule has 4 rings (SSSR count). The molecule has 1 atom stereocenters. The second-order valence-corrected chi connectivity index (χ2v) is 7.72. The van der Waals surface area contributed by atoms with Crippen LogP contribution in [0.2, 0.25) is 0 Å². The minimum absolute atomic E-state index is 0.0256. The summed E-state index contributed by atoms with van der Waals surface area (Å²) in [6.07, 6.45) is -3.61. The number of halogens is 4. The van der Waals surface area contributed by atoms with Crippen LogP contribution in [0.15, 0.2) is 54.7 Å². The highest BCUT2D eigenvalue weighted by molar-refractivity contribution is 5.98. The van der Waals surface area contributed by atoms with Gasteiger partial charge in [-0.2, -0.15) is 0 Å². The Morgan fingerprint density at radius 2 is 1.92 bits per heavy atom. The predicted molar refractivity (Wildman–Crippen MR) is 116 cm³/mol. The molecule has 188 valence electrons. The number of carboxylic acids is 1. The zero-order valence-electron chi connectivity index (χ0n) is 18.6. The molecule has 0 saturated carbocycles. The van der Waals surface area contributed by atoms with Crippen LogP contribution in [0.1, 0.15) is 38.4 Å². The van der Waals surface area contributed by atoms with E-state index in [0.29, 0.717) is 5.75 Å². The van der Waals surface area contributed by atoms with E-state index in [1.807, 2.05) is 0 Å². The van der Waals surface area contributed by atoms with E-state index in [1.165, 1.54) is 37.6 Å². The number of rotatable bonds is 6. The third-order valence-electron chi connectivity index (χ3n) is 5.58. The van der Waals surface area contributed by atoms with Gasteiger partial charge in [-0.1, -0.05) is 6.07 Å². The first-order valence-corrected chi connectivity index (χ1v) is 10.4. The van der Waals surface area contributed by atoms with E-state index < -0.39 is 35.3 Å². The Kier molecular flexibility index (Phi) is 6.44. The van der Waals surface area contributed by atoms with Crippen molar-refractivity contribution in [2.24, 2.45) is 0 Å². The number of aromatic nitrogens is 1. The molecule has 0 fully saturated rings. The number of ether oxygens (including phenoxy) is 3. The molecule has 1 amide bonds. The smallest absolute Gasteiger partial charge is 0.496 e. The highest BCUT2D eigenvalue weighted by atomic mass is 19.4. The third-order valence-corrected chi connectivity index (χ3v) is 5.58. The summed E-state index contributed by atoms with van der Waals surface area (Å²) in [4.78, 5) is 29.0. The summed E-state index contributed by atoms with van der Waals surface area (Å²) in [6.45, 7) is 0.0721. The van der Waals surface area contributed by atoms with Crippen LogP contribution in [0.3, 0.4) is 0 Å². The molecular weight excluding hydrogens is 488 g/mol. The first-order valence-electron chi connectivity index (χ1n) is 10.4. The molecule has 0 spiro atoms. The van der Waals surface area contributed by atoms with Crippen LogP contribution < -0.4 is 19.5 Å². The lowest BCUT2D eigenvalue weighted by Crippen LogP contribution is -2.50. The number of amides is 1. The Morgan fingerprint density at radius 3 is 2.58 bits per heavy atom. The largest absolute Gasteiger partial charge is 0.573 e. The molecular formula is C24H18F4N2O6. The maximum Gasteiger partial charge on any atom is 0.573 e. The Hall–Kier alpha value is -4.35. The normalized spacial score (nSPS) is 16.9. The van der Waals surface area contributed by atoms with Crippen LogP contribution in [0.25, 0.3) is 0 Å². The topological polar surface area (TPSA) is 107 Å². The molecule has 2 heterocycles. The minimum atomic E-state index is -5.09. The van der Waals surface area contributed by atoms with E-state index in [2.05, 4.69) is 15.0 Å². The van der Waals surface area contributed by atoms with E-state index >= 15 is 0 Å². The molecule has 1 aliphatic heterocycles. The molecule has 0 radical (unpaired) electrons. The van der Waals surface area contributed by atoms with Crippen molar-refractivity contribution in [2.45, 2.75) is 18.3 Å². The first-order chi connectivity index (χ1) is 17.0. The lowest BCUT2D eigenvalue weighted by Gasteiger charge is -2.39. The summed E-state index contributed by atoms with van der Waals surface area (Å²) in [7, 11) is 1.25. The van der Waals surface area contributed by atoms with Gasteiger partial charge in [0.15, 0.2) is 11.6 Å². The summed E-state index contributed by atoms with van der Waals surface area (Å²) in [5, 5.41) is 12.1. The SMILES string of the molecule is COc1cc(C(=O)N[C@]2(c3ccc(OC(F)(F)F)c(F)c3)CCOc3cccnc32)ccc1C(=O)O. The number of alkyl halides is 3. The van der Waals surface area contributed by atoms with Gasteiger partial charge in [0.25, 0.3) is 5.91 Å². The van der Waals surface area contributed by atoms with Crippen LogP contribution in [-0.4, -0.2) is 42.0 Å². The van der Waals surface area contributed by atoms with E-state index in [1.54, 1.807) is 12.1 Å². The summed E-state index contributed by atoms with van der Waals surface area (Å²) in [5.74, 6) is -4.05.